The molecule has 200 valence electrons. The number of hydrogen-bond donors (Lipinski definition) is 3. The van der Waals surface area contributed by atoms with Gasteiger partial charge in [-0.05, 0) is 89.6 Å². The van der Waals surface area contributed by atoms with Crippen molar-refractivity contribution in [2.45, 2.75) is 76.8 Å². The number of amides is 2. The minimum atomic E-state index is -1.62. The highest BCUT2D eigenvalue weighted by molar-refractivity contribution is 7.18. The predicted molar refractivity (Wildman–Crippen MR) is 154 cm³/mol. The number of hydrogen-bond acceptors (Lipinski definition) is 4. The number of carbonyl (C=O) groups excluding carboxylic acids is 2. The molecule has 2 aliphatic rings. The number of nitrogens with one attached hydrogen (secondary N) is 3. The fourth-order valence-corrected chi connectivity index (χ4v) is 5.35. The lowest BCUT2D eigenvalue weighted by Crippen LogP contribution is -2.46. The van der Waals surface area contributed by atoms with Crippen molar-refractivity contribution in [3.63, 3.8) is 0 Å². The molecule has 0 spiro atoms. The van der Waals surface area contributed by atoms with Gasteiger partial charge < -0.3 is 16.0 Å². The van der Waals surface area contributed by atoms with Gasteiger partial charge in [-0.1, -0.05) is 38.6 Å². The van der Waals surface area contributed by atoms with Crippen LogP contribution in [0.1, 0.15) is 62.3 Å². The number of fused-ring (bicyclic) bond motifs is 1. The fourth-order valence-electron chi connectivity index (χ4n) is 5.20. The summed E-state index contributed by atoms with van der Waals surface area (Å²) in [5.74, 6) is -0.389. The number of halogens is 1. The van der Waals surface area contributed by atoms with E-state index in [1.165, 1.54) is 6.92 Å². The van der Waals surface area contributed by atoms with Crippen molar-refractivity contribution in [1.29, 1.82) is 0 Å². The van der Waals surface area contributed by atoms with Crippen LogP contribution in [0.2, 0.25) is 0 Å². The van der Waals surface area contributed by atoms with E-state index in [4.69, 9.17) is 0 Å². The van der Waals surface area contributed by atoms with Crippen LogP contribution in [0.4, 0.5) is 15.8 Å². The second-order valence-corrected chi connectivity index (χ2v) is 12.3. The third kappa shape index (κ3) is 5.68. The van der Waals surface area contributed by atoms with E-state index in [-0.39, 0.29) is 23.9 Å². The van der Waals surface area contributed by atoms with Crippen LogP contribution in [0.25, 0.3) is 10.9 Å². The highest BCUT2D eigenvalue weighted by Gasteiger charge is 2.56. The highest BCUT2D eigenvalue weighted by atomic mass is 31.0. The Bertz CT molecular complexity index is 1360. The van der Waals surface area contributed by atoms with E-state index in [2.05, 4.69) is 36.2 Å². The molecule has 2 unspecified atom stereocenters. The molecule has 0 bridgehead atoms. The topological polar surface area (TPSA) is 83.1 Å². The van der Waals surface area contributed by atoms with E-state index in [1.54, 1.807) is 0 Å². The van der Waals surface area contributed by atoms with Crippen LogP contribution < -0.4 is 16.0 Å². The summed E-state index contributed by atoms with van der Waals surface area (Å²) in [5.41, 5.74) is 4.02. The fraction of sp³-hybridized carbons (Fsp3) is 0.433. The van der Waals surface area contributed by atoms with E-state index in [9.17, 15) is 14.0 Å². The van der Waals surface area contributed by atoms with Gasteiger partial charge in [0, 0.05) is 28.8 Å². The van der Waals surface area contributed by atoms with Crippen molar-refractivity contribution in [2.24, 2.45) is 5.41 Å². The predicted octanol–water partition coefficient (Wildman–Crippen LogP) is 6.13. The van der Waals surface area contributed by atoms with Crippen LogP contribution in [0, 0.1) is 19.3 Å². The second kappa shape index (κ2) is 10.3. The Labute approximate surface area is 225 Å². The Hall–Kier alpha value is -3.05. The zero-order chi connectivity index (χ0) is 27.1. The number of anilines is 2. The molecule has 38 heavy (non-hydrogen) atoms. The van der Waals surface area contributed by atoms with Gasteiger partial charge in [-0.25, -0.2) is 9.37 Å². The standard InChI is InChI=1S/C30H36FN4O2P/c1-18-4-7-21(8-5-18)33-27(36)30(14-15-30)28(37)34-22-11-9-20(10-12-22)32-25-17-26(29(3,31)38)35-24-13-6-19(2)16-23(24)25/h4-8,13,16-17,20,22H,9-12,14-15,38H2,1-3H3,(H,32,35)(H,33,36)(H,34,37). The Morgan fingerprint density at radius 1 is 0.947 bits per heavy atom. The first kappa shape index (κ1) is 26.6. The zero-order valence-electron chi connectivity index (χ0n) is 22.2. The van der Waals surface area contributed by atoms with E-state index < -0.39 is 10.8 Å². The molecule has 2 fully saturated rings. The summed E-state index contributed by atoms with van der Waals surface area (Å²) in [5, 5.41) is 9.07. The normalized spacial score (nSPS) is 21.8. The van der Waals surface area contributed by atoms with Gasteiger partial charge in [0.05, 0.1) is 11.2 Å². The molecule has 3 N–H and O–H groups in total. The van der Waals surface area contributed by atoms with Gasteiger partial charge in [-0.3, -0.25) is 9.59 Å². The first-order valence-electron chi connectivity index (χ1n) is 13.4. The largest absolute Gasteiger partial charge is 0.382 e. The van der Waals surface area contributed by atoms with Crippen molar-refractivity contribution in [1.82, 2.24) is 10.3 Å². The smallest absolute Gasteiger partial charge is 0.240 e. The van der Waals surface area contributed by atoms with Crippen molar-refractivity contribution in [2.75, 3.05) is 10.6 Å². The summed E-state index contributed by atoms with van der Waals surface area (Å²) in [7, 11) is 2.23. The summed E-state index contributed by atoms with van der Waals surface area (Å²) in [6, 6.07) is 15.7. The first-order chi connectivity index (χ1) is 18.0. The maximum Gasteiger partial charge on any atom is 0.240 e. The monoisotopic (exact) mass is 534 g/mol. The van der Waals surface area contributed by atoms with Gasteiger partial charge in [0.25, 0.3) is 0 Å². The van der Waals surface area contributed by atoms with Crippen LogP contribution in [0.3, 0.4) is 0 Å². The number of alkyl halides is 1. The quantitative estimate of drug-likeness (QED) is 0.252. The molecule has 1 aromatic heterocycles. The molecular weight excluding hydrogens is 498 g/mol. The van der Waals surface area contributed by atoms with Crippen LogP contribution >= 0.6 is 9.24 Å². The van der Waals surface area contributed by atoms with Crippen molar-refractivity contribution in [3.05, 3.63) is 65.4 Å². The van der Waals surface area contributed by atoms with Gasteiger partial charge in [-0.2, -0.15) is 0 Å². The van der Waals surface area contributed by atoms with Gasteiger partial charge in [-0.15, -0.1) is 0 Å². The Balaban J connectivity index is 1.20. The van der Waals surface area contributed by atoms with E-state index in [1.807, 2.05) is 56.3 Å². The summed E-state index contributed by atoms with van der Waals surface area (Å²) in [6.45, 7) is 5.52. The first-order valence-corrected chi connectivity index (χ1v) is 14.0. The van der Waals surface area contributed by atoms with Crippen LogP contribution in [0.15, 0.2) is 48.5 Å². The molecule has 6 nitrogen and oxygen atoms in total. The average Bonchev–Trinajstić information content (AvgIpc) is 3.69. The van der Waals surface area contributed by atoms with E-state index in [0.29, 0.717) is 24.2 Å². The zero-order valence-corrected chi connectivity index (χ0v) is 23.4. The number of aromatic nitrogens is 1. The summed E-state index contributed by atoms with van der Waals surface area (Å²) >= 11 is 0. The van der Waals surface area contributed by atoms with Gasteiger partial charge in [0.2, 0.25) is 11.8 Å². The molecular formula is C30H36FN4O2P. The third-order valence-corrected chi connectivity index (χ3v) is 8.11. The Kier molecular flexibility index (Phi) is 7.17. The van der Waals surface area contributed by atoms with Gasteiger partial charge >= 0.3 is 0 Å². The number of benzene rings is 2. The van der Waals surface area contributed by atoms with Crippen molar-refractivity contribution >= 4 is 43.3 Å². The summed E-state index contributed by atoms with van der Waals surface area (Å²) in [6.07, 6.45) is 4.52. The molecule has 2 saturated carbocycles. The van der Waals surface area contributed by atoms with Crippen LogP contribution in [-0.4, -0.2) is 28.9 Å². The molecule has 0 radical (unpaired) electrons. The number of carbonyl (C=O) groups is 2. The third-order valence-electron chi connectivity index (χ3n) is 7.82. The van der Waals surface area contributed by atoms with Gasteiger partial charge in [0.1, 0.15) is 5.41 Å². The molecule has 2 aliphatic carbocycles. The molecule has 2 aromatic carbocycles. The summed E-state index contributed by atoms with van der Waals surface area (Å²) in [4.78, 5) is 30.6. The number of rotatable bonds is 7. The molecule has 1 heterocycles. The molecule has 8 heteroatoms. The molecule has 3 aromatic rings. The molecule has 5 rings (SSSR count). The Morgan fingerprint density at radius 3 is 2.21 bits per heavy atom. The maximum absolute atomic E-state index is 14.8. The molecule has 0 aliphatic heterocycles. The minimum absolute atomic E-state index is 0.0402. The van der Waals surface area contributed by atoms with E-state index in [0.717, 1.165) is 53.4 Å². The van der Waals surface area contributed by atoms with Crippen LogP contribution in [0.5, 0.6) is 0 Å². The molecule has 0 saturated heterocycles. The number of nitrogens with zero attached hydrogens (tertiary/aromatic N) is 1. The average molecular weight is 535 g/mol. The molecule has 2 amide bonds. The van der Waals surface area contributed by atoms with Crippen molar-refractivity contribution in [3.8, 4) is 0 Å². The summed E-state index contributed by atoms with van der Waals surface area (Å²) < 4.78 is 14.8. The SMILES string of the molecule is Cc1ccc(NC(=O)C2(C(=O)NC3CCC(Nc4cc(C(C)(F)P)nc5ccc(C)cc45)CC3)CC2)cc1. The van der Waals surface area contributed by atoms with Gasteiger partial charge in [0.15, 0.2) is 5.41 Å². The lowest BCUT2D eigenvalue weighted by molar-refractivity contribution is -0.135. The lowest BCUT2D eigenvalue weighted by atomic mass is 9.90. The number of pyridine rings is 1. The van der Waals surface area contributed by atoms with Crippen LogP contribution in [-0.2, 0) is 15.0 Å². The molecule has 2 atom stereocenters. The maximum atomic E-state index is 14.8. The highest BCUT2D eigenvalue weighted by Crippen LogP contribution is 2.47. The number of aryl methyl sites for hydroxylation is 2. The Morgan fingerprint density at radius 2 is 1.58 bits per heavy atom. The minimum Gasteiger partial charge on any atom is -0.382 e. The lowest BCUT2D eigenvalue weighted by Gasteiger charge is -2.31. The van der Waals surface area contributed by atoms with Crippen molar-refractivity contribution < 1.29 is 14.0 Å². The second-order valence-electron chi connectivity index (χ2n) is 11.2. The van der Waals surface area contributed by atoms with E-state index >= 15 is 0 Å².